The van der Waals surface area contributed by atoms with E-state index in [2.05, 4.69) is 15.1 Å². The van der Waals surface area contributed by atoms with Crippen LogP contribution in [0.25, 0.3) is 0 Å². The molecule has 3 rings (SSSR count). The summed E-state index contributed by atoms with van der Waals surface area (Å²) >= 11 is 0. The van der Waals surface area contributed by atoms with E-state index in [4.69, 9.17) is 0 Å². The number of carbonyl (C=O) groups is 2. The van der Waals surface area contributed by atoms with Gasteiger partial charge in [0.05, 0.1) is 11.3 Å². The lowest BCUT2D eigenvalue weighted by Crippen LogP contribution is -2.49. The summed E-state index contributed by atoms with van der Waals surface area (Å²) in [5.41, 5.74) is 0.870. The summed E-state index contributed by atoms with van der Waals surface area (Å²) in [5, 5.41) is 3.02. The van der Waals surface area contributed by atoms with Crippen LogP contribution >= 0.6 is 0 Å². The summed E-state index contributed by atoms with van der Waals surface area (Å²) in [5.74, 6) is -0.272. The lowest BCUT2D eigenvalue weighted by atomic mass is 9.85. The van der Waals surface area contributed by atoms with Gasteiger partial charge in [0, 0.05) is 45.2 Å². The number of nitrogens with one attached hydrogen (secondary N) is 1. The zero-order valence-electron chi connectivity index (χ0n) is 14.8. The second-order valence-corrected chi connectivity index (χ2v) is 6.94. The number of anilines is 1. The molecule has 0 unspecified atom stereocenters. The molecular formula is C19H26FN3O2. The Kier molecular flexibility index (Phi) is 5.68. The smallest absolute Gasteiger partial charge is 0.223 e. The summed E-state index contributed by atoms with van der Waals surface area (Å²) in [6, 6.07) is 4.80. The first-order valence-corrected chi connectivity index (χ1v) is 9.10. The topological polar surface area (TPSA) is 52.7 Å². The number of rotatable bonds is 6. The van der Waals surface area contributed by atoms with Gasteiger partial charge in [-0.05, 0) is 31.9 Å². The number of halogens is 1. The molecule has 1 aliphatic heterocycles. The van der Waals surface area contributed by atoms with E-state index >= 15 is 0 Å². The van der Waals surface area contributed by atoms with E-state index in [-0.39, 0.29) is 23.2 Å². The summed E-state index contributed by atoms with van der Waals surface area (Å²) in [6.07, 6.45) is 3.22. The van der Waals surface area contributed by atoms with Crippen molar-refractivity contribution in [3.63, 3.8) is 0 Å². The van der Waals surface area contributed by atoms with Crippen molar-refractivity contribution in [1.29, 1.82) is 0 Å². The number of amides is 1. The number of hydrogen-bond acceptors (Lipinski definition) is 4. The van der Waals surface area contributed by atoms with E-state index in [0.717, 1.165) is 45.6 Å². The molecule has 0 radical (unpaired) electrons. The lowest BCUT2D eigenvalue weighted by Gasteiger charge is -2.37. The third-order valence-corrected chi connectivity index (χ3v) is 5.26. The van der Waals surface area contributed by atoms with Crippen LogP contribution in [0.4, 0.5) is 10.1 Å². The summed E-state index contributed by atoms with van der Waals surface area (Å²) < 4.78 is 14.0. The number of nitrogens with zero attached hydrogens (tertiary/aromatic N) is 2. The first-order valence-electron chi connectivity index (χ1n) is 9.10. The second kappa shape index (κ2) is 7.95. The van der Waals surface area contributed by atoms with Gasteiger partial charge in [0.15, 0.2) is 5.78 Å². The third kappa shape index (κ3) is 4.18. The van der Waals surface area contributed by atoms with E-state index in [9.17, 15) is 14.0 Å². The standard InChI is InChI=1S/C19H26FN3O2/c1-14(24)18-16(20)6-3-7-17(18)23-12-10-22(11-13-23)9-8-21-19(25)15-4-2-5-15/h3,6-7,15H,2,4-5,8-13H2,1H3,(H,21,25). The molecular weight excluding hydrogens is 321 g/mol. The van der Waals surface area contributed by atoms with Gasteiger partial charge in [-0.1, -0.05) is 12.5 Å². The Labute approximate surface area is 148 Å². The number of ketones is 1. The quantitative estimate of drug-likeness (QED) is 0.801. The average molecular weight is 347 g/mol. The van der Waals surface area contributed by atoms with Crippen molar-refractivity contribution in [1.82, 2.24) is 10.2 Å². The highest BCUT2D eigenvalue weighted by atomic mass is 19.1. The fraction of sp³-hybridized carbons (Fsp3) is 0.579. The molecule has 25 heavy (non-hydrogen) atoms. The van der Waals surface area contributed by atoms with Crippen LogP contribution in [0.3, 0.4) is 0 Å². The van der Waals surface area contributed by atoms with Gasteiger partial charge in [-0.15, -0.1) is 0 Å². The van der Waals surface area contributed by atoms with Crippen molar-refractivity contribution in [2.45, 2.75) is 26.2 Å². The van der Waals surface area contributed by atoms with Crippen LogP contribution in [0.2, 0.25) is 0 Å². The predicted octanol–water partition coefficient (Wildman–Crippen LogP) is 2.07. The van der Waals surface area contributed by atoms with Crippen LogP contribution in [0.15, 0.2) is 18.2 Å². The van der Waals surface area contributed by atoms with Crippen LogP contribution in [0.5, 0.6) is 0 Å². The van der Waals surface area contributed by atoms with Gasteiger partial charge in [0.25, 0.3) is 0 Å². The molecule has 0 bridgehead atoms. The first-order chi connectivity index (χ1) is 12.1. The van der Waals surface area contributed by atoms with Gasteiger partial charge < -0.3 is 10.2 Å². The first kappa shape index (κ1) is 17.9. The SMILES string of the molecule is CC(=O)c1c(F)cccc1N1CCN(CCNC(=O)C2CCC2)CC1. The van der Waals surface area contributed by atoms with Crippen molar-refractivity contribution in [2.75, 3.05) is 44.2 Å². The summed E-state index contributed by atoms with van der Waals surface area (Å²) in [6.45, 7) is 6.09. The zero-order chi connectivity index (χ0) is 17.8. The average Bonchev–Trinajstić information content (AvgIpc) is 2.53. The molecule has 1 aromatic carbocycles. The molecule has 1 aromatic rings. The van der Waals surface area contributed by atoms with E-state index in [0.29, 0.717) is 12.2 Å². The molecule has 1 aliphatic carbocycles. The van der Waals surface area contributed by atoms with E-state index in [1.807, 2.05) is 6.07 Å². The molecule has 0 atom stereocenters. The molecule has 0 aromatic heterocycles. The number of piperazine rings is 1. The van der Waals surface area contributed by atoms with Crippen molar-refractivity contribution in [3.8, 4) is 0 Å². The Bertz CT molecular complexity index is 638. The van der Waals surface area contributed by atoms with Gasteiger partial charge in [-0.2, -0.15) is 0 Å². The van der Waals surface area contributed by atoms with Gasteiger partial charge >= 0.3 is 0 Å². The van der Waals surface area contributed by atoms with Crippen molar-refractivity contribution in [3.05, 3.63) is 29.6 Å². The predicted molar refractivity (Wildman–Crippen MR) is 95.4 cm³/mol. The number of hydrogen-bond donors (Lipinski definition) is 1. The maximum atomic E-state index is 14.0. The van der Waals surface area contributed by atoms with Gasteiger partial charge in [-0.25, -0.2) is 4.39 Å². The molecule has 0 spiro atoms. The third-order valence-electron chi connectivity index (χ3n) is 5.26. The molecule has 1 heterocycles. The number of benzene rings is 1. The molecule has 6 heteroatoms. The van der Waals surface area contributed by atoms with Gasteiger partial charge in [0.2, 0.25) is 5.91 Å². The molecule has 2 fully saturated rings. The number of carbonyl (C=O) groups excluding carboxylic acids is 2. The molecule has 1 saturated heterocycles. The van der Waals surface area contributed by atoms with Crippen LogP contribution < -0.4 is 10.2 Å². The Hall–Kier alpha value is -1.95. The van der Waals surface area contributed by atoms with Gasteiger partial charge in [0.1, 0.15) is 5.82 Å². The fourth-order valence-corrected chi connectivity index (χ4v) is 3.49. The second-order valence-electron chi connectivity index (χ2n) is 6.94. The minimum atomic E-state index is -0.453. The summed E-state index contributed by atoms with van der Waals surface area (Å²) in [7, 11) is 0. The molecule has 1 amide bonds. The highest BCUT2D eigenvalue weighted by Crippen LogP contribution is 2.26. The van der Waals surface area contributed by atoms with Crippen LogP contribution in [0.1, 0.15) is 36.5 Å². The van der Waals surface area contributed by atoms with Crippen LogP contribution in [-0.4, -0.2) is 55.9 Å². The Balaban J connectivity index is 1.48. The zero-order valence-corrected chi connectivity index (χ0v) is 14.8. The maximum absolute atomic E-state index is 14.0. The molecule has 5 nitrogen and oxygen atoms in total. The van der Waals surface area contributed by atoms with E-state index in [1.165, 1.54) is 19.4 Å². The monoisotopic (exact) mass is 347 g/mol. The highest BCUT2D eigenvalue weighted by Gasteiger charge is 2.25. The fourth-order valence-electron chi connectivity index (χ4n) is 3.49. The van der Waals surface area contributed by atoms with Crippen LogP contribution in [0, 0.1) is 11.7 Å². The van der Waals surface area contributed by atoms with Crippen molar-refractivity contribution in [2.24, 2.45) is 5.92 Å². The highest BCUT2D eigenvalue weighted by molar-refractivity contribution is 6.00. The minimum Gasteiger partial charge on any atom is -0.368 e. The molecule has 1 N–H and O–H groups in total. The van der Waals surface area contributed by atoms with Crippen molar-refractivity contribution < 1.29 is 14.0 Å². The van der Waals surface area contributed by atoms with E-state index in [1.54, 1.807) is 6.07 Å². The molecule has 1 saturated carbocycles. The largest absolute Gasteiger partial charge is 0.368 e. The van der Waals surface area contributed by atoms with Gasteiger partial charge in [-0.3, -0.25) is 14.5 Å². The minimum absolute atomic E-state index is 0.184. The van der Waals surface area contributed by atoms with Crippen LogP contribution in [-0.2, 0) is 4.79 Å². The lowest BCUT2D eigenvalue weighted by molar-refractivity contribution is -0.127. The Morgan fingerprint density at radius 1 is 1.20 bits per heavy atom. The van der Waals surface area contributed by atoms with Crippen molar-refractivity contribution >= 4 is 17.4 Å². The van der Waals surface area contributed by atoms with E-state index < -0.39 is 5.82 Å². The number of Topliss-reactive ketones (excluding diaryl/α,β-unsaturated/α-hetero) is 1. The summed E-state index contributed by atoms with van der Waals surface area (Å²) in [4.78, 5) is 28.0. The molecule has 2 aliphatic rings. The normalized spacial score (nSPS) is 18.7. The maximum Gasteiger partial charge on any atom is 0.223 e. The Morgan fingerprint density at radius 3 is 2.52 bits per heavy atom. The molecule has 136 valence electrons. The Morgan fingerprint density at radius 2 is 1.92 bits per heavy atom.